The van der Waals surface area contributed by atoms with Crippen molar-refractivity contribution in [3.05, 3.63) is 46.0 Å². The molecule has 5 heteroatoms. The second kappa shape index (κ2) is 5.42. The summed E-state index contributed by atoms with van der Waals surface area (Å²) in [5, 5.41) is 0.799. The zero-order valence-electron chi connectivity index (χ0n) is 9.73. The van der Waals surface area contributed by atoms with E-state index in [2.05, 4.69) is 15.0 Å². The predicted octanol–water partition coefficient (Wildman–Crippen LogP) is 3.44. The van der Waals surface area contributed by atoms with Gasteiger partial charge >= 0.3 is 0 Å². The van der Waals surface area contributed by atoms with Crippen LogP contribution in [0.2, 0.25) is 0 Å². The zero-order valence-corrected chi connectivity index (χ0v) is 11.4. The number of thioether (sulfide) groups is 1. The minimum Gasteiger partial charge on any atom is -0.364 e. The Morgan fingerprint density at radius 1 is 1.35 bits per heavy atom. The molecule has 0 bridgehead atoms. The van der Waals surface area contributed by atoms with Crippen LogP contribution in [0.15, 0.2) is 29.7 Å². The third-order valence-corrected chi connectivity index (χ3v) is 3.76. The molecule has 2 aromatic heterocycles. The SMILES string of the molecule is Cc1ccnc(SCc2[nH]ccc(=S)c2C)n1. The maximum Gasteiger partial charge on any atom is 0.188 e. The van der Waals surface area contributed by atoms with E-state index in [4.69, 9.17) is 12.2 Å². The van der Waals surface area contributed by atoms with E-state index in [0.717, 1.165) is 32.4 Å². The zero-order chi connectivity index (χ0) is 12.3. The van der Waals surface area contributed by atoms with Crippen LogP contribution in [-0.2, 0) is 5.75 Å². The fourth-order valence-corrected chi connectivity index (χ4v) is 2.49. The number of hydrogen-bond donors (Lipinski definition) is 1. The molecule has 0 saturated heterocycles. The topological polar surface area (TPSA) is 41.6 Å². The summed E-state index contributed by atoms with van der Waals surface area (Å²) in [7, 11) is 0. The first kappa shape index (κ1) is 12.3. The molecule has 0 spiro atoms. The van der Waals surface area contributed by atoms with E-state index >= 15 is 0 Å². The summed E-state index contributed by atoms with van der Waals surface area (Å²) in [5.41, 5.74) is 3.25. The fraction of sp³-hybridized carbons (Fsp3) is 0.250. The Kier molecular flexibility index (Phi) is 3.91. The third kappa shape index (κ3) is 3.14. The molecule has 2 aromatic rings. The van der Waals surface area contributed by atoms with Crippen LogP contribution < -0.4 is 0 Å². The van der Waals surface area contributed by atoms with E-state index in [1.54, 1.807) is 18.0 Å². The average molecular weight is 263 g/mol. The fourth-order valence-electron chi connectivity index (χ4n) is 1.38. The first-order valence-corrected chi connectivity index (χ1v) is 6.66. The van der Waals surface area contributed by atoms with Crippen molar-refractivity contribution in [1.82, 2.24) is 15.0 Å². The third-order valence-electron chi connectivity index (χ3n) is 2.43. The Morgan fingerprint density at radius 2 is 2.18 bits per heavy atom. The molecule has 0 aliphatic carbocycles. The Hall–Kier alpha value is -1.20. The van der Waals surface area contributed by atoms with Crippen LogP contribution in [0, 0.1) is 18.4 Å². The van der Waals surface area contributed by atoms with Crippen molar-refractivity contribution in [2.45, 2.75) is 24.8 Å². The van der Waals surface area contributed by atoms with E-state index in [-0.39, 0.29) is 0 Å². The van der Waals surface area contributed by atoms with Crippen LogP contribution in [-0.4, -0.2) is 15.0 Å². The van der Waals surface area contributed by atoms with Gasteiger partial charge in [0.05, 0.1) is 0 Å². The van der Waals surface area contributed by atoms with Crippen molar-refractivity contribution >= 4 is 24.0 Å². The summed E-state index contributed by atoms with van der Waals surface area (Å²) in [4.78, 5) is 11.8. The molecule has 2 rings (SSSR count). The lowest BCUT2D eigenvalue weighted by Crippen LogP contribution is -1.94. The van der Waals surface area contributed by atoms with Crippen molar-refractivity contribution in [1.29, 1.82) is 0 Å². The summed E-state index contributed by atoms with van der Waals surface area (Å²) < 4.78 is 0.893. The summed E-state index contributed by atoms with van der Waals surface area (Å²) >= 11 is 6.84. The molecule has 2 heterocycles. The van der Waals surface area contributed by atoms with Gasteiger partial charge in [0.1, 0.15) is 0 Å². The molecular formula is C12H13N3S2. The molecule has 0 atom stereocenters. The number of pyridine rings is 1. The number of rotatable bonds is 3. The minimum atomic E-state index is 0.799. The maximum absolute atomic E-state index is 5.23. The number of nitrogens with zero attached hydrogens (tertiary/aromatic N) is 2. The highest BCUT2D eigenvalue weighted by Gasteiger charge is 2.03. The van der Waals surface area contributed by atoms with E-state index in [9.17, 15) is 0 Å². The number of H-pyrrole nitrogens is 1. The quantitative estimate of drug-likeness (QED) is 0.523. The highest BCUT2D eigenvalue weighted by molar-refractivity contribution is 7.98. The first-order valence-electron chi connectivity index (χ1n) is 5.26. The molecule has 0 aliphatic heterocycles. The average Bonchev–Trinajstić information content (AvgIpc) is 2.31. The van der Waals surface area contributed by atoms with Crippen LogP contribution in [0.1, 0.15) is 17.0 Å². The lowest BCUT2D eigenvalue weighted by molar-refractivity contribution is 0.930. The smallest absolute Gasteiger partial charge is 0.188 e. The molecule has 1 N–H and O–H groups in total. The lowest BCUT2D eigenvalue weighted by atomic mass is 10.2. The van der Waals surface area contributed by atoms with Gasteiger partial charge < -0.3 is 4.98 Å². The van der Waals surface area contributed by atoms with Crippen molar-refractivity contribution in [3.63, 3.8) is 0 Å². The van der Waals surface area contributed by atoms with E-state index < -0.39 is 0 Å². The molecule has 0 radical (unpaired) electrons. The second-order valence-corrected chi connectivity index (χ2v) is 5.10. The van der Waals surface area contributed by atoms with Gasteiger partial charge in [0.2, 0.25) is 0 Å². The van der Waals surface area contributed by atoms with Gasteiger partial charge in [-0.25, -0.2) is 9.97 Å². The van der Waals surface area contributed by atoms with Gasteiger partial charge in [-0.05, 0) is 31.5 Å². The molecule has 88 valence electrons. The molecule has 0 amide bonds. The van der Waals surface area contributed by atoms with Crippen LogP contribution in [0.5, 0.6) is 0 Å². The molecule has 17 heavy (non-hydrogen) atoms. The van der Waals surface area contributed by atoms with Crippen molar-refractivity contribution in [2.75, 3.05) is 0 Å². The number of aromatic amines is 1. The van der Waals surface area contributed by atoms with Crippen molar-refractivity contribution in [2.24, 2.45) is 0 Å². The summed E-state index contributed by atoms with van der Waals surface area (Å²) in [5.74, 6) is 0.805. The molecule has 0 fully saturated rings. The number of nitrogens with one attached hydrogen (secondary N) is 1. The van der Waals surface area contributed by atoms with Gasteiger partial charge in [-0.15, -0.1) is 0 Å². The molecular weight excluding hydrogens is 250 g/mol. The number of aryl methyl sites for hydroxylation is 1. The first-order chi connectivity index (χ1) is 8.16. The highest BCUT2D eigenvalue weighted by atomic mass is 32.2. The van der Waals surface area contributed by atoms with E-state index in [0.29, 0.717) is 0 Å². The Morgan fingerprint density at radius 3 is 2.94 bits per heavy atom. The highest BCUT2D eigenvalue weighted by Crippen LogP contribution is 2.20. The Bertz CT molecular complexity index is 578. The van der Waals surface area contributed by atoms with Crippen molar-refractivity contribution < 1.29 is 0 Å². The summed E-state index contributed by atoms with van der Waals surface area (Å²) in [6.07, 6.45) is 3.66. The molecule has 0 saturated carbocycles. The lowest BCUT2D eigenvalue weighted by Gasteiger charge is -2.05. The molecule has 0 aromatic carbocycles. The van der Waals surface area contributed by atoms with Gasteiger partial charge in [-0.3, -0.25) is 0 Å². The van der Waals surface area contributed by atoms with Crippen LogP contribution in [0.4, 0.5) is 0 Å². The second-order valence-electron chi connectivity index (χ2n) is 3.71. The molecule has 3 nitrogen and oxygen atoms in total. The van der Waals surface area contributed by atoms with Gasteiger partial charge in [-0.2, -0.15) is 0 Å². The van der Waals surface area contributed by atoms with Gasteiger partial charge in [0, 0.05) is 34.0 Å². The normalized spacial score (nSPS) is 10.5. The van der Waals surface area contributed by atoms with Gasteiger partial charge in [0.25, 0.3) is 0 Å². The van der Waals surface area contributed by atoms with E-state index in [1.165, 1.54) is 0 Å². The Balaban J connectivity index is 2.13. The maximum atomic E-state index is 5.23. The van der Waals surface area contributed by atoms with Crippen LogP contribution in [0.3, 0.4) is 0 Å². The standard InChI is InChI=1S/C12H13N3S2/c1-8-3-5-14-12(15-8)17-7-10-9(2)11(16)4-6-13-10/h3-6H,7H2,1-2H3,(H,13,16). The monoisotopic (exact) mass is 263 g/mol. The van der Waals surface area contributed by atoms with Crippen LogP contribution in [0.25, 0.3) is 0 Å². The largest absolute Gasteiger partial charge is 0.364 e. The number of hydrogen-bond acceptors (Lipinski definition) is 4. The van der Waals surface area contributed by atoms with Crippen molar-refractivity contribution in [3.8, 4) is 0 Å². The molecule has 0 aliphatic rings. The summed E-state index contributed by atoms with van der Waals surface area (Å²) in [6, 6.07) is 3.80. The Labute approximate surface area is 110 Å². The minimum absolute atomic E-state index is 0.799. The molecule has 0 unspecified atom stereocenters. The van der Waals surface area contributed by atoms with Gasteiger partial charge in [-0.1, -0.05) is 24.0 Å². The summed E-state index contributed by atoms with van der Waals surface area (Å²) in [6.45, 7) is 4.00. The van der Waals surface area contributed by atoms with E-state index in [1.807, 2.05) is 32.2 Å². The van der Waals surface area contributed by atoms with Gasteiger partial charge in [0.15, 0.2) is 5.16 Å². The number of aromatic nitrogens is 3. The predicted molar refractivity (Wildman–Crippen MR) is 72.7 cm³/mol. The van der Waals surface area contributed by atoms with Crippen LogP contribution >= 0.6 is 24.0 Å².